The van der Waals surface area contributed by atoms with Crippen LogP contribution in [0.2, 0.25) is 0 Å². The van der Waals surface area contributed by atoms with E-state index >= 15 is 0 Å². The number of pyridine rings is 1. The SMILES string of the molecule is CCOC(=O)c1c(CSc2ccccc2)n(C)c2cc(-c3cccnc3)c(O)c(CNC)c12.Cl.Cl. The van der Waals surface area contributed by atoms with E-state index in [-0.39, 0.29) is 43.1 Å². The maximum Gasteiger partial charge on any atom is 0.340 e. The molecule has 0 aliphatic carbocycles. The van der Waals surface area contributed by atoms with E-state index in [1.165, 1.54) is 0 Å². The van der Waals surface area contributed by atoms with Crippen molar-refractivity contribution >= 4 is 53.4 Å². The quantitative estimate of drug-likeness (QED) is 0.214. The number of esters is 1. The standard InChI is InChI=1S/C26H27N3O3S.2ClH/c1-4-32-26(31)24-22(16-33-18-10-6-5-7-11-18)29(3)21-13-19(17-9-8-12-28-14-17)25(30)20(15-27-2)23(21)24;;/h5-14,27,30H,4,15-16H2,1-3H3;2*1H. The molecule has 4 rings (SSSR count). The van der Waals surface area contributed by atoms with Crippen LogP contribution in [-0.2, 0) is 24.1 Å². The Labute approximate surface area is 221 Å². The minimum Gasteiger partial charge on any atom is -0.507 e. The fourth-order valence-corrected chi connectivity index (χ4v) is 5.06. The Bertz CT molecular complexity index is 1280. The molecule has 2 aromatic heterocycles. The predicted octanol–water partition coefficient (Wildman–Crippen LogP) is 5.98. The Kier molecular flexibility index (Phi) is 10.5. The van der Waals surface area contributed by atoms with Crippen LogP contribution in [0, 0.1) is 0 Å². The smallest absolute Gasteiger partial charge is 0.340 e. The average molecular weight is 535 g/mol. The largest absolute Gasteiger partial charge is 0.507 e. The van der Waals surface area contributed by atoms with Crippen molar-refractivity contribution in [1.82, 2.24) is 14.9 Å². The number of halogens is 2. The molecule has 0 fully saturated rings. The van der Waals surface area contributed by atoms with Crippen molar-refractivity contribution in [3.05, 3.63) is 77.7 Å². The van der Waals surface area contributed by atoms with Gasteiger partial charge in [0, 0.05) is 64.4 Å². The number of nitrogens with one attached hydrogen (secondary N) is 1. The summed E-state index contributed by atoms with van der Waals surface area (Å²) < 4.78 is 7.49. The van der Waals surface area contributed by atoms with E-state index in [0.29, 0.717) is 29.0 Å². The number of phenolic OH excluding ortho intramolecular Hbond substituents is 1. The molecule has 0 aliphatic heterocycles. The second-order valence-corrected chi connectivity index (χ2v) is 8.67. The fourth-order valence-electron chi connectivity index (χ4n) is 4.07. The summed E-state index contributed by atoms with van der Waals surface area (Å²) in [5.74, 6) is 0.353. The molecule has 0 saturated carbocycles. The molecule has 0 amide bonds. The topological polar surface area (TPSA) is 76.4 Å². The molecule has 0 saturated heterocycles. The van der Waals surface area contributed by atoms with Crippen LogP contribution in [0.1, 0.15) is 28.5 Å². The molecule has 0 unspecified atom stereocenters. The van der Waals surface area contributed by atoms with Crippen LogP contribution in [0.3, 0.4) is 0 Å². The number of ether oxygens (including phenoxy) is 1. The number of aromatic hydroxyl groups is 1. The first-order valence-corrected chi connectivity index (χ1v) is 11.8. The van der Waals surface area contributed by atoms with Crippen LogP contribution >= 0.6 is 36.6 Å². The number of nitrogens with zero attached hydrogens (tertiary/aromatic N) is 2. The van der Waals surface area contributed by atoms with Crippen LogP contribution in [0.25, 0.3) is 22.0 Å². The lowest BCUT2D eigenvalue weighted by Gasteiger charge is -2.13. The average Bonchev–Trinajstić information content (AvgIpc) is 3.12. The molecule has 9 heteroatoms. The first kappa shape index (κ1) is 28.5. The Morgan fingerprint density at radius 1 is 1.17 bits per heavy atom. The Morgan fingerprint density at radius 3 is 2.54 bits per heavy atom. The van der Waals surface area contributed by atoms with E-state index in [0.717, 1.165) is 27.1 Å². The van der Waals surface area contributed by atoms with Crippen molar-refractivity contribution in [1.29, 1.82) is 0 Å². The molecular weight excluding hydrogens is 505 g/mol. The second kappa shape index (κ2) is 12.8. The minimum absolute atomic E-state index is 0. The first-order valence-electron chi connectivity index (χ1n) is 10.8. The van der Waals surface area contributed by atoms with E-state index in [9.17, 15) is 9.90 Å². The highest BCUT2D eigenvalue weighted by atomic mass is 35.5. The Balaban J connectivity index is 0.00000216. The third-order valence-electron chi connectivity index (χ3n) is 5.61. The zero-order valence-corrected chi connectivity index (χ0v) is 22.2. The van der Waals surface area contributed by atoms with E-state index in [1.54, 1.807) is 31.1 Å². The van der Waals surface area contributed by atoms with Crippen LogP contribution in [0.5, 0.6) is 5.75 Å². The normalized spacial score (nSPS) is 10.5. The number of fused-ring (bicyclic) bond motifs is 1. The summed E-state index contributed by atoms with van der Waals surface area (Å²) in [6.45, 7) is 2.48. The lowest BCUT2D eigenvalue weighted by molar-refractivity contribution is 0.0527. The number of aryl methyl sites for hydroxylation is 1. The summed E-state index contributed by atoms with van der Waals surface area (Å²) in [7, 11) is 3.78. The van der Waals surface area contributed by atoms with Gasteiger partial charge in [0.25, 0.3) is 0 Å². The molecule has 2 heterocycles. The van der Waals surface area contributed by atoms with Crippen molar-refractivity contribution in [3.63, 3.8) is 0 Å². The third-order valence-corrected chi connectivity index (χ3v) is 6.63. The van der Waals surface area contributed by atoms with Crippen molar-refractivity contribution in [2.24, 2.45) is 7.05 Å². The highest BCUT2D eigenvalue weighted by Crippen LogP contribution is 2.42. The molecule has 0 spiro atoms. The van der Waals surface area contributed by atoms with Gasteiger partial charge in [0.15, 0.2) is 0 Å². The number of phenols is 1. The summed E-state index contributed by atoms with van der Waals surface area (Å²) in [4.78, 5) is 18.5. The predicted molar refractivity (Wildman–Crippen MR) is 147 cm³/mol. The maximum atomic E-state index is 13.2. The Morgan fingerprint density at radius 2 is 1.91 bits per heavy atom. The number of hydrogen-bond donors (Lipinski definition) is 2. The van der Waals surface area contributed by atoms with Crippen molar-refractivity contribution in [2.45, 2.75) is 24.1 Å². The summed E-state index contributed by atoms with van der Waals surface area (Å²) in [6, 6.07) is 15.8. The van der Waals surface area contributed by atoms with Crippen LogP contribution in [-0.4, -0.2) is 34.3 Å². The molecule has 186 valence electrons. The number of rotatable bonds is 8. The third kappa shape index (κ3) is 5.76. The molecule has 35 heavy (non-hydrogen) atoms. The minimum atomic E-state index is -0.377. The van der Waals surface area contributed by atoms with Crippen molar-refractivity contribution in [3.8, 4) is 16.9 Å². The fraction of sp³-hybridized carbons (Fsp3) is 0.231. The highest BCUT2D eigenvalue weighted by Gasteiger charge is 2.27. The van der Waals surface area contributed by atoms with E-state index < -0.39 is 0 Å². The number of carbonyl (C=O) groups excluding carboxylic acids is 1. The summed E-state index contributed by atoms with van der Waals surface area (Å²) >= 11 is 1.66. The zero-order chi connectivity index (χ0) is 23.4. The van der Waals surface area contributed by atoms with Gasteiger partial charge in [-0.1, -0.05) is 24.3 Å². The van der Waals surface area contributed by atoms with Gasteiger partial charge in [-0.3, -0.25) is 4.98 Å². The van der Waals surface area contributed by atoms with Gasteiger partial charge in [-0.2, -0.15) is 0 Å². The molecule has 0 radical (unpaired) electrons. The number of carbonyl (C=O) groups is 1. The lowest BCUT2D eigenvalue weighted by atomic mass is 9.97. The van der Waals surface area contributed by atoms with E-state index in [1.807, 2.05) is 55.1 Å². The van der Waals surface area contributed by atoms with E-state index in [4.69, 9.17) is 4.74 Å². The molecule has 0 bridgehead atoms. The number of hydrogen-bond acceptors (Lipinski definition) is 6. The monoisotopic (exact) mass is 533 g/mol. The summed E-state index contributed by atoms with van der Waals surface area (Å²) in [6.07, 6.45) is 3.43. The molecule has 6 nitrogen and oxygen atoms in total. The molecule has 0 atom stereocenters. The van der Waals surface area contributed by atoms with Gasteiger partial charge < -0.3 is 19.7 Å². The molecule has 4 aromatic rings. The first-order chi connectivity index (χ1) is 16.1. The summed E-state index contributed by atoms with van der Waals surface area (Å²) in [5.41, 5.74) is 4.40. The molecule has 2 aromatic carbocycles. The van der Waals surface area contributed by atoms with Gasteiger partial charge in [-0.25, -0.2) is 4.79 Å². The van der Waals surface area contributed by atoms with Gasteiger partial charge in [0.1, 0.15) is 5.75 Å². The highest BCUT2D eigenvalue weighted by molar-refractivity contribution is 7.98. The van der Waals surface area contributed by atoms with Gasteiger partial charge in [-0.05, 0) is 38.2 Å². The Hall–Kier alpha value is -2.71. The summed E-state index contributed by atoms with van der Waals surface area (Å²) in [5, 5.41) is 15.1. The second-order valence-electron chi connectivity index (χ2n) is 7.62. The van der Waals surface area contributed by atoms with Gasteiger partial charge in [0.05, 0.1) is 17.7 Å². The van der Waals surface area contributed by atoms with Crippen molar-refractivity contribution in [2.75, 3.05) is 13.7 Å². The van der Waals surface area contributed by atoms with Crippen LogP contribution in [0.15, 0.2) is 65.8 Å². The zero-order valence-electron chi connectivity index (χ0n) is 19.8. The molecular formula is C26H29Cl2N3O3S. The lowest BCUT2D eigenvalue weighted by Crippen LogP contribution is -2.10. The maximum absolute atomic E-state index is 13.2. The van der Waals surface area contributed by atoms with Crippen LogP contribution in [0.4, 0.5) is 0 Å². The van der Waals surface area contributed by atoms with Gasteiger partial charge >= 0.3 is 5.97 Å². The van der Waals surface area contributed by atoms with Crippen molar-refractivity contribution < 1.29 is 14.6 Å². The molecule has 2 N–H and O–H groups in total. The van der Waals surface area contributed by atoms with E-state index in [2.05, 4.69) is 22.4 Å². The molecule has 0 aliphatic rings. The van der Waals surface area contributed by atoms with Crippen LogP contribution < -0.4 is 5.32 Å². The van der Waals surface area contributed by atoms with Gasteiger partial charge in [0.2, 0.25) is 0 Å². The number of aromatic nitrogens is 2. The number of thioether (sulfide) groups is 1. The van der Waals surface area contributed by atoms with Gasteiger partial charge in [-0.15, -0.1) is 36.6 Å². The number of benzene rings is 2.